The van der Waals surface area contributed by atoms with Crippen LogP contribution in [0.25, 0.3) is 0 Å². The molecule has 2 aromatic rings. The highest BCUT2D eigenvalue weighted by molar-refractivity contribution is 5.87. The van der Waals surface area contributed by atoms with Crippen LogP contribution in [0.2, 0.25) is 0 Å². The van der Waals surface area contributed by atoms with Gasteiger partial charge in [-0.15, -0.1) is 0 Å². The third-order valence-corrected chi connectivity index (χ3v) is 4.47. The molecule has 0 saturated carbocycles. The number of fused-ring (bicyclic) bond motifs is 1. The van der Waals surface area contributed by atoms with Crippen LogP contribution in [-0.2, 0) is 29.8 Å². The van der Waals surface area contributed by atoms with Crippen LogP contribution < -0.4 is 10.6 Å². The highest BCUT2D eigenvalue weighted by Crippen LogP contribution is 2.24. The monoisotopic (exact) mass is 312 g/mol. The van der Waals surface area contributed by atoms with Crippen LogP contribution in [0, 0.1) is 5.82 Å². The van der Waals surface area contributed by atoms with E-state index >= 15 is 0 Å². The molecule has 2 aromatic carbocycles. The van der Waals surface area contributed by atoms with Crippen LogP contribution in [0.4, 0.5) is 4.39 Å². The summed E-state index contributed by atoms with van der Waals surface area (Å²) in [6.45, 7) is 5.89. The number of amides is 1. The highest BCUT2D eigenvalue weighted by atomic mass is 19.1. The van der Waals surface area contributed by atoms with E-state index in [-0.39, 0.29) is 11.7 Å². The summed E-state index contributed by atoms with van der Waals surface area (Å²) < 4.78 is 13.4. The molecule has 1 amide bonds. The van der Waals surface area contributed by atoms with E-state index in [0.717, 1.165) is 18.7 Å². The van der Waals surface area contributed by atoms with Gasteiger partial charge < -0.3 is 10.6 Å². The average Bonchev–Trinajstić information content (AvgIpc) is 3.00. The van der Waals surface area contributed by atoms with Gasteiger partial charge in [-0.3, -0.25) is 4.79 Å². The first-order valence-electron chi connectivity index (χ1n) is 7.82. The molecule has 0 aromatic heterocycles. The van der Waals surface area contributed by atoms with Gasteiger partial charge in [0.15, 0.2) is 0 Å². The molecule has 1 aliphatic rings. The number of hydrogen-bond acceptors (Lipinski definition) is 2. The first-order chi connectivity index (χ1) is 11.0. The van der Waals surface area contributed by atoms with E-state index < -0.39 is 5.41 Å². The SMILES string of the molecule is CC(C)(C(=O)NCc1ccc2c(c1)CNC2)c1cccc(F)c1. The van der Waals surface area contributed by atoms with Gasteiger partial charge in [-0.1, -0.05) is 30.3 Å². The molecule has 0 radical (unpaired) electrons. The van der Waals surface area contributed by atoms with Crippen LogP contribution in [0.3, 0.4) is 0 Å². The standard InChI is InChI=1S/C19H21FN2O/c1-19(2,16-4-3-5-17(20)9-16)18(23)22-10-13-6-7-14-11-21-12-15(14)8-13/h3-9,21H,10-12H2,1-2H3,(H,22,23). The summed E-state index contributed by atoms with van der Waals surface area (Å²) in [5, 5.41) is 6.27. The van der Waals surface area contributed by atoms with Crippen LogP contribution in [0.15, 0.2) is 42.5 Å². The molecule has 0 saturated heterocycles. The van der Waals surface area contributed by atoms with Crippen LogP contribution in [-0.4, -0.2) is 5.91 Å². The van der Waals surface area contributed by atoms with E-state index in [1.54, 1.807) is 12.1 Å². The molecule has 4 heteroatoms. The maximum Gasteiger partial charge on any atom is 0.230 e. The summed E-state index contributed by atoms with van der Waals surface area (Å²) in [4.78, 5) is 12.5. The lowest BCUT2D eigenvalue weighted by atomic mass is 9.83. The minimum absolute atomic E-state index is 0.110. The zero-order valence-electron chi connectivity index (χ0n) is 13.4. The first-order valence-corrected chi connectivity index (χ1v) is 7.82. The van der Waals surface area contributed by atoms with Crippen molar-refractivity contribution in [2.75, 3.05) is 0 Å². The van der Waals surface area contributed by atoms with Crippen LogP contribution >= 0.6 is 0 Å². The molecule has 1 aliphatic heterocycles. The maximum absolute atomic E-state index is 13.4. The average molecular weight is 312 g/mol. The van der Waals surface area contributed by atoms with Gasteiger partial charge in [0.05, 0.1) is 5.41 Å². The number of carbonyl (C=O) groups excluding carboxylic acids is 1. The van der Waals surface area contributed by atoms with E-state index in [1.165, 1.54) is 23.3 Å². The fourth-order valence-electron chi connectivity index (χ4n) is 2.87. The van der Waals surface area contributed by atoms with Crippen molar-refractivity contribution in [2.45, 2.75) is 38.9 Å². The highest BCUT2D eigenvalue weighted by Gasteiger charge is 2.29. The van der Waals surface area contributed by atoms with Crippen molar-refractivity contribution in [3.05, 3.63) is 70.5 Å². The second-order valence-electron chi connectivity index (χ2n) is 6.52. The van der Waals surface area contributed by atoms with Gasteiger partial charge in [-0.25, -0.2) is 4.39 Å². The predicted molar refractivity (Wildman–Crippen MR) is 88.3 cm³/mol. The fourth-order valence-corrected chi connectivity index (χ4v) is 2.87. The lowest BCUT2D eigenvalue weighted by Crippen LogP contribution is -2.39. The molecule has 0 aliphatic carbocycles. The summed E-state index contributed by atoms with van der Waals surface area (Å²) in [6, 6.07) is 12.5. The van der Waals surface area contributed by atoms with Gasteiger partial charge in [-0.2, -0.15) is 0 Å². The van der Waals surface area contributed by atoms with Gasteiger partial charge in [-0.05, 0) is 48.2 Å². The molecule has 0 spiro atoms. The molecule has 0 unspecified atom stereocenters. The molecular formula is C19H21FN2O. The lowest BCUT2D eigenvalue weighted by Gasteiger charge is -2.24. The number of carbonyl (C=O) groups is 1. The second-order valence-corrected chi connectivity index (χ2v) is 6.52. The molecule has 0 bridgehead atoms. The second kappa shape index (κ2) is 6.13. The van der Waals surface area contributed by atoms with Crippen molar-refractivity contribution in [3.8, 4) is 0 Å². The predicted octanol–water partition coefficient (Wildman–Crippen LogP) is 3.02. The Labute approximate surface area is 135 Å². The van der Waals surface area contributed by atoms with E-state index in [4.69, 9.17) is 0 Å². The van der Waals surface area contributed by atoms with E-state index in [2.05, 4.69) is 22.8 Å². The van der Waals surface area contributed by atoms with Gasteiger partial charge in [0.2, 0.25) is 5.91 Å². The van der Waals surface area contributed by atoms with Crippen LogP contribution in [0.5, 0.6) is 0 Å². The van der Waals surface area contributed by atoms with Gasteiger partial charge >= 0.3 is 0 Å². The Morgan fingerprint density at radius 1 is 1.17 bits per heavy atom. The van der Waals surface area contributed by atoms with E-state index in [1.807, 2.05) is 19.9 Å². The van der Waals surface area contributed by atoms with Crippen molar-refractivity contribution in [1.82, 2.24) is 10.6 Å². The zero-order valence-corrected chi connectivity index (χ0v) is 13.4. The van der Waals surface area contributed by atoms with Gasteiger partial charge in [0, 0.05) is 19.6 Å². The molecule has 3 rings (SSSR count). The molecule has 120 valence electrons. The summed E-state index contributed by atoms with van der Waals surface area (Å²) in [7, 11) is 0. The number of halogens is 1. The molecule has 0 atom stereocenters. The zero-order chi connectivity index (χ0) is 16.4. The van der Waals surface area contributed by atoms with Crippen molar-refractivity contribution in [3.63, 3.8) is 0 Å². The summed E-state index contributed by atoms with van der Waals surface area (Å²) in [6.07, 6.45) is 0. The molecule has 1 heterocycles. The van der Waals surface area contributed by atoms with Crippen molar-refractivity contribution in [2.24, 2.45) is 0 Å². The third kappa shape index (κ3) is 3.27. The summed E-state index contributed by atoms with van der Waals surface area (Å²) in [5.74, 6) is -0.434. The Morgan fingerprint density at radius 2 is 1.96 bits per heavy atom. The Balaban J connectivity index is 1.69. The number of hydrogen-bond donors (Lipinski definition) is 2. The van der Waals surface area contributed by atoms with Crippen LogP contribution in [0.1, 0.15) is 36.1 Å². The normalized spacial score (nSPS) is 13.7. The molecule has 3 nitrogen and oxygen atoms in total. The number of rotatable bonds is 4. The Hall–Kier alpha value is -2.20. The van der Waals surface area contributed by atoms with E-state index in [9.17, 15) is 9.18 Å². The van der Waals surface area contributed by atoms with Crippen molar-refractivity contribution < 1.29 is 9.18 Å². The minimum Gasteiger partial charge on any atom is -0.351 e. The number of nitrogens with one attached hydrogen (secondary N) is 2. The number of benzene rings is 2. The fraction of sp³-hybridized carbons (Fsp3) is 0.316. The van der Waals surface area contributed by atoms with Crippen molar-refractivity contribution >= 4 is 5.91 Å². The largest absolute Gasteiger partial charge is 0.351 e. The smallest absolute Gasteiger partial charge is 0.230 e. The quantitative estimate of drug-likeness (QED) is 0.911. The third-order valence-electron chi connectivity index (χ3n) is 4.47. The Bertz CT molecular complexity index is 740. The van der Waals surface area contributed by atoms with Gasteiger partial charge in [0.25, 0.3) is 0 Å². The molecule has 23 heavy (non-hydrogen) atoms. The summed E-state index contributed by atoms with van der Waals surface area (Å²) in [5.41, 5.74) is 3.59. The molecular weight excluding hydrogens is 291 g/mol. The van der Waals surface area contributed by atoms with Gasteiger partial charge in [0.1, 0.15) is 5.82 Å². The van der Waals surface area contributed by atoms with Crippen molar-refractivity contribution in [1.29, 1.82) is 0 Å². The summed E-state index contributed by atoms with van der Waals surface area (Å²) >= 11 is 0. The van der Waals surface area contributed by atoms with E-state index in [0.29, 0.717) is 12.1 Å². The molecule has 0 fully saturated rings. The minimum atomic E-state index is -0.777. The molecule has 2 N–H and O–H groups in total. The topological polar surface area (TPSA) is 41.1 Å². The Kier molecular flexibility index (Phi) is 4.18. The Morgan fingerprint density at radius 3 is 2.74 bits per heavy atom. The first kappa shape index (κ1) is 15.7. The lowest BCUT2D eigenvalue weighted by molar-refractivity contribution is -0.125. The maximum atomic E-state index is 13.4.